The van der Waals surface area contributed by atoms with E-state index >= 15 is 0 Å². The summed E-state index contributed by atoms with van der Waals surface area (Å²) in [5, 5.41) is 4.03. The lowest BCUT2D eigenvalue weighted by molar-refractivity contribution is -0.137. The third kappa shape index (κ3) is 6.22. The number of carbonyl (C=O) groups excluding carboxylic acids is 1. The van der Waals surface area contributed by atoms with Crippen molar-refractivity contribution in [1.29, 1.82) is 0 Å². The van der Waals surface area contributed by atoms with Gasteiger partial charge in [0.05, 0.1) is 11.8 Å². The van der Waals surface area contributed by atoms with Crippen molar-refractivity contribution < 1.29 is 30.8 Å². The minimum absolute atomic E-state index is 0.0642. The first-order chi connectivity index (χ1) is 18.8. The van der Waals surface area contributed by atoms with Crippen LogP contribution in [0.25, 0.3) is 0 Å². The van der Waals surface area contributed by atoms with Crippen molar-refractivity contribution in [2.45, 2.75) is 63.0 Å². The van der Waals surface area contributed by atoms with Gasteiger partial charge in [-0.2, -0.15) is 17.9 Å². The highest BCUT2D eigenvalue weighted by Crippen LogP contribution is 2.41. The summed E-state index contributed by atoms with van der Waals surface area (Å²) in [6.45, 7) is 3.01. The first-order valence-electron chi connectivity index (χ1n) is 13.5. The lowest BCUT2D eigenvalue weighted by atomic mass is 9.84. The van der Waals surface area contributed by atoms with E-state index in [9.17, 15) is 30.8 Å². The number of nitrogens with zero attached hydrogens (tertiary/aromatic N) is 5. The number of benzene rings is 1. The maximum Gasteiger partial charge on any atom is 0.416 e. The minimum Gasteiger partial charge on any atom is -0.371 e. The van der Waals surface area contributed by atoms with Crippen LogP contribution in [0.5, 0.6) is 0 Å². The van der Waals surface area contributed by atoms with E-state index in [1.165, 1.54) is 18.3 Å². The molecule has 0 saturated carbocycles. The third-order valence-electron chi connectivity index (χ3n) is 8.32. The summed E-state index contributed by atoms with van der Waals surface area (Å²) < 4.78 is 80.7. The van der Waals surface area contributed by atoms with Gasteiger partial charge in [-0.05, 0) is 62.8 Å². The fourth-order valence-electron chi connectivity index (χ4n) is 6.20. The Morgan fingerprint density at radius 3 is 2.42 bits per heavy atom. The quantitative estimate of drug-likeness (QED) is 0.526. The van der Waals surface area contributed by atoms with E-state index in [-0.39, 0.29) is 17.4 Å². The van der Waals surface area contributed by atoms with Crippen molar-refractivity contribution in [1.82, 2.24) is 19.6 Å². The van der Waals surface area contributed by atoms with Crippen LogP contribution < -0.4 is 9.62 Å². The van der Waals surface area contributed by atoms with Crippen LogP contribution in [-0.2, 0) is 22.7 Å². The molecule has 40 heavy (non-hydrogen) atoms. The van der Waals surface area contributed by atoms with Crippen LogP contribution in [0.15, 0.2) is 30.5 Å². The summed E-state index contributed by atoms with van der Waals surface area (Å²) in [4.78, 5) is 18.9. The zero-order valence-electron chi connectivity index (χ0n) is 22.3. The summed E-state index contributed by atoms with van der Waals surface area (Å²) in [7, 11) is -3.52. The van der Waals surface area contributed by atoms with E-state index in [0.717, 1.165) is 42.0 Å². The van der Waals surface area contributed by atoms with Crippen LogP contribution in [0, 0.1) is 0 Å². The number of anilines is 2. The molecule has 3 saturated heterocycles. The van der Waals surface area contributed by atoms with Crippen LogP contribution >= 0.6 is 0 Å². The van der Waals surface area contributed by atoms with Gasteiger partial charge in [0.15, 0.2) is 5.82 Å². The first-order valence-corrected chi connectivity index (χ1v) is 15.4. The number of nitrogens with one attached hydrogen (secondary N) is 1. The molecular formula is C26H34F4N6O3S. The number of amides is 1. The number of carbonyl (C=O) groups is 1. The van der Waals surface area contributed by atoms with Crippen molar-refractivity contribution >= 4 is 27.6 Å². The first kappa shape index (κ1) is 28.7. The lowest BCUT2D eigenvalue weighted by Crippen LogP contribution is -2.53. The van der Waals surface area contributed by atoms with E-state index in [1.807, 2.05) is 4.90 Å². The number of hydrogen-bond donors (Lipinski definition) is 1. The Balaban J connectivity index is 1.29. The molecule has 3 aliphatic heterocycles. The van der Waals surface area contributed by atoms with Gasteiger partial charge >= 0.3 is 12.2 Å². The van der Waals surface area contributed by atoms with Crippen LogP contribution in [0.1, 0.15) is 49.7 Å². The van der Waals surface area contributed by atoms with Gasteiger partial charge in [0.1, 0.15) is 6.17 Å². The summed E-state index contributed by atoms with van der Waals surface area (Å²) in [6, 6.07) is 4.96. The second-order valence-corrected chi connectivity index (χ2v) is 12.8. The molecular weight excluding hydrogens is 552 g/mol. The standard InChI is InChI=1S/C26H34F4N6O3S/c1-40(38,39)32-23-7-14-36(31-23)24(37)34-15-9-25(10-16-34)8-2-11-35(25)18-19-3-4-20(26(28,29)30)17-22(19)33-12-5-21(27)6-13-33/h3-4,7,14,17,21H,2,5-6,8-13,15-16,18H2,1H3,(H,31,32). The van der Waals surface area contributed by atoms with Gasteiger partial charge in [-0.1, -0.05) is 6.07 Å². The molecule has 14 heteroatoms. The van der Waals surface area contributed by atoms with Crippen LogP contribution in [0.2, 0.25) is 0 Å². The number of halogens is 4. The molecule has 1 aromatic heterocycles. The molecule has 1 N–H and O–H groups in total. The smallest absolute Gasteiger partial charge is 0.371 e. The Morgan fingerprint density at radius 1 is 1.07 bits per heavy atom. The van der Waals surface area contributed by atoms with E-state index in [2.05, 4.69) is 14.7 Å². The number of alkyl halides is 4. The Morgan fingerprint density at radius 2 is 1.77 bits per heavy atom. The van der Waals surface area contributed by atoms with Gasteiger partial charge in [0.25, 0.3) is 0 Å². The SMILES string of the molecule is CS(=O)(=O)Nc1ccn(C(=O)N2CCC3(CCCN3Cc3ccc(C(F)(F)F)cc3N3CCC(F)CC3)CC2)n1. The number of piperidine rings is 2. The Bertz CT molecular complexity index is 1330. The highest BCUT2D eigenvalue weighted by Gasteiger charge is 2.44. The van der Waals surface area contributed by atoms with Gasteiger partial charge in [0.2, 0.25) is 10.0 Å². The van der Waals surface area contributed by atoms with Crippen molar-refractivity contribution in [3.8, 4) is 0 Å². The predicted octanol–water partition coefficient (Wildman–Crippen LogP) is 4.31. The van der Waals surface area contributed by atoms with Gasteiger partial charge in [0, 0.05) is 56.2 Å². The molecule has 1 aromatic carbocycles. The van der Waals surface area contributed by atoms with E-state index in [0.29, 0.717) is 64.1 Å². The zero-order chi connectivity index (χ0) is 28.7. The molecule has 1 spiro atoms. The molecule has 0 aliphatic carbocycles. The van der Waals surface area contributed by atoms with E-state index < -0.39 is 27.9 Å². The minimum atomic E-state index is -4.46. The highest BCUT2D eigenvalue weighted by atomic mass is 32.2. The fourth-order valence-corrected chi connectivity index (χ4v) is 6.69. The second-order valence-electron chi connectivity index (χ2n) is 11.0. The Hall–Kier alpha value is -2.87. The molecule has 9 nitrogen and oxygen atoms in total. The summed E-state index contributed by atoms with van der Waals surface area (Å²) in [5.41, 5.74) is 0.446. The van der Waals surface area contributed by atoms with Gasteiger partial charge in [-0.25, -0.2) is 17.6 Å². The molecule has 1 amide bonds. The largest absolute Gasteiger partial charge is 0.416 e. The number of rotatable bonds is 5. The number of likely N-dealkylation sites (tertiary alicyclic amines) is 2. The second kappa shape index (κ2) is 10.8. The average Bonchev–Trinajstić information content (AvgIpc) is 3.50. The van der Waals surface area contributed by atoms with E-state index in [1.54, 1.807) is 11.0 Å². The fraction of sp³-hybridized carbons (Fsp3) is 0.615. The van der Waals surface area contributed by atoms with E-state index in [4.69, 9.17) is 0 Å². The molecule has 0 unspecified atom stereocenters. The maximum absolute atomic E-state index is 13.8. The van der Waals surface area contributed by atoms with Gasteiger partial charge in [-0.3, -0.25) is 9.62 Å². The topological polar surface area (TPSA) is 90.8 Å². The van der Waals surface area contributed by atoms with Crippen LogP contribution in [0.4, 0.5) is 33.9 Å². The summed E-state index contributed by atoms with van der Waals surface area (Å²) in [5.74, 6) is 0.0642. The van der Waals surface area contributed by atoms with Crippen molar-refractivity contribution in [2.24, 2.45) is 0 Å². The molecule has 2 aromatic rings. The predicted molar refractivity (Wildman–Crippen MR) is 142 cm³/mol. The number of sulfonamides is 1. The molecule has 0 atom stereocenters. The molecule has 5 rings (SSSR count). The Labute approximate surface area is 231 Å². The molecule has 3 aliphatic rings. The summed E-state index contributed by atoms with van der Waals surface area (Å²) in [6.07, 6.45) is 0.935. The molecule has 4 heterocycles. The average molecular weight is 587 g/mol. The number of aromatic nitrogens is 2. The highest BCUT2D eigenvalue weighted by molar-refractivity contribution is 7.92. The Kier molecular flexibility index (Phi) is 7.77. The zero-order valence-corrected chi connectivity index (χ0v) is 23.1. The lowest BCUT2D eigenvalue weighted by Gasteiger charge is -2.45. The van der Waals surface area contributed by atoms with Crippen LogP contribution in [-0.4, -0.2) is 84.7 Å². The van der Waals surface area contributed by atoms with Crippen LogP contribution in [0.3, 0.4) is 0 Å². The number of hydrogen-bond acceptors (Lipinski definition) is 6. The monoisotopic (exact) mass is 586 g/mol. The van der Waals surface area contributed by atoms with Gasteiger partial charge in [-0.15, -0.1) is 5.10 Å². The molecule has 0 bridgehead atoms. The van der Waals surface area contributed by atoms with Gasteiger partial charge < -0.3 is 9.80 Å². The molecule has 3 fully saturated rings. The normalized spacial score (nSPS) is 20.8. The van der Waals surface area contributed by atoms with Crippen molar-refractivity contribution in [2.75, 3.05) is 48.6 Å². The molecule has 220 valence electrons. The maximum atomic E-state index is 13.8. The van der Waals surface area contributed by atoms with Crippen molar-refractivity contribution in [3.05, 3.63) is 41.6 Å². The summed E-state index contributed by atoms with van der Waals surface area (Å²) >= 11 is 0. The third-order valence-corrected chi connectivity index (χ3v) is 8.90. The van der Waals surface area contributed by atoms with Crippen molar-refractivity contribution in [3.63, 3.8) is 0 Å². The molecule has 0 radical (unpaired) electrons.